The van der Waals surface area contributed by atoms with Crippen molar-refractivity contribution in [3.05, 3.63) is 70.3 Å². The highest BCUT2D eigenvalue weighted by molar-refractivity contribution is 6.32. The minimum Gasteiger partial charge on any atom is -0.496 e. The number of halogens is 1. The summed E-state index contributed by atoms with van der Waals surface area (Å²) in [5.74, 6) is -0.696. The van der Waals surface area contributed by atoms with Gasteiger partial charge in [-0.3, -0.25) is 4.79 Å². The summed E-state index contributed by atoms with van der Waals surface area (Å²) >= 11 is 6.08. The largest absolute Gasteiger partial charge is 0.496 e. The van der Waals surface area contributed by atoms with Gasteiger partial charge in [-0.05, 0) is 43.2 Å². The molecule has 2 aromatic rings. The number of carboxylic acid groups (broad SMARTS) is 1. The minimum atomic E-state index is -1.01. The number of rotatable bonds is 10. The molecule has 2 rings (SSSR count). The molecule has 160 valence electrons. The Bertz CT molecular complexity index is 910. The molecule has 0 radical (unpaired) electrons. The Balaban J connectivity index is 2.07. The number of carboxylic acids is 1. The third kappa shape index (κ3) is 7.21. The Morgan fingerprint density at radius 3 is 2.57 bits per heavy atom. The molecule has 0 aromatic heterocycles. The molecule has 0 aliphatic rings. The van der Waals surface area contributed by atoms with E-state index in [1.165, 1.54) is 6.08 Å². The van der Waals surface area contributed by atoms with E-state index in [9.17, 15) is 14.7 Å². The molecule has 1 amide bonds. The molecule has 2 N–H and O–H groups in total. The average Bonchev–Trinajstić information content (AvgIpc) is 2.71. The summed E-state index contributed by atoms with van der Waals surface area (Å²) in [5, 5.41) is 12.7. The summed E-state index contributed by atoms with van der Waals surface area (Å²) in [4.78, 5) is 23.6. The van der Waals surface area contributed by atoms with Crippen molar-refractivity contribution in [3.63, 3.8) is 0 Å². The average molecular weight is 432 g/mol. The van der Waals surface area contributed by atoms with Crippen LogP contribution in [0, 0.1) is 0 Å². The van der Waals surface area contributed by atoms with E-state index >= 15 is 0 Å². The van der Waals surface area contributed by atoms with Crippen molar-refractivity contribution in [1.82, 2.24) is 5.32 Å². The number of hydrogen-bond donors (Lipinski definition) is 2. The predicted octanol–water partition coefficient (Wildman–Crippen LogP) is 4.10. The third-order valence-corrected chi connectivity index (χ3v) is 4.59. The first-order valence-corrected chi connectivity index (χ1v) is 9.92. The number of ether oxygens (including phenoxy) is 2. The summed E-state index contributed by atoms with van der Waals surface area (Å²) in [6.07, 6.45) is 2.12. The van der Waals surface area contributed by atoms with Gasteiger partial charge in [-0.15, -0.1) is 0 Å². The van der Waals surface area contributed by atoms with Crippen molar-refractivity contribution in [1.29, 1.82) is 0 Å². The van der Waals surface area contributed by atoms with Crippen LogP contribution in [0.2, 0.25) is 5.02 Å². The van der Waals surface area contributed by atoms with E-state index in [2.05, 4.69) is 5.32 Å². The first kappa shape index (κ1) is 23.4. The maximum Gasteiger partial charge on any atom is 0.333 e. The van der Waals surface area contributed by atoms with E-state index in [0.717, 1.165) is 16.7 Å². The van der Waals surface area contributed by atoms with E-state index in [-0.39, 0.29) is 25.0 Å². The first-order valence-electron chi connectivity index (χ1n) is 9.54. The van der Waals surface area contributed by atoms with Gasteiger partial charge < -0.3 is 19.9 Å². The zero-order valence-corrected chi connectivity index (χ0v) is 18.0. The minimum absolute atomic E-state index is 0.201. The Labute approximate surface area is 181 Å². The molecule has 0 saturated heterocycles. The number of carbonyl (C=O) groups is 2. The molecule has 0 saturated carbocycles. The Kier molecular flexibility index (Phi) is 8.89. The molecular formula is C23H26ClNO5. The van der Waals surface area contributed by atoms with Crippen LogP contribution in [-0.4, -0.2) is 36.3 Å². The normalized spacial score (nSPS) is 12.2. The lowest BCUT2D eigenvalue weighted by atomic mass is 10.0. The van der Waals surface area contributed by atoms with Gasteiger partial charge in [0, 0.05) is 29.6 Å². The molecule has 2 aromatic carbocycles. The number of benzene rings is 2. The molecule has 30 heavy (non-hydrogen) atoms. The predicted molar refractivity (Wildman–Crippen MR) is 117 cm³/mol. The van der Waals surface area contributed by atoms with Gasteiger partial charge in [0.25, 0.3) is 0 Å². The van der Waals surface area contributed by atoms with Crippen LogP contribution in [0.25, 0.3) is 6.08 Å². The van der Waals surface area contributed by atoms with Gasteiger partial charge >= 0.3 is 5.97 Å². The summed E-state index contributed by atoms with van der Waals surface area (Å²) in [6.45, 7) is 3.81. The number of hydrogen-bond acceptors (Lipinski definition) is 4. The lowest BCUT2D eigenvalue weighted by Gasteiger charge is -2.17. The summed E-state index contributed by atoms with van der Waals surface area (Å²) < 4.78 is 10.8. The fourth-order valence-corrected chi connectivity index (χ4v) is 3.05. The van der Waals surface area contributed by atoms with Crippen molar-refractivity contribution in [2.75, 3.05) is 7.11 Å². The zero-order chi connectivity index (χ0) is 22.1. The molecule has 1 atom stereocenters. The fourth-order valence-electron chi connectivity index (χ4n) is 2.85. The maximum absolute atomic E-state index is 12.2. The lowest BCUT2D eigenvalue weighted by molar-refractivity contribution is -0.153. The molecule has 0 aliphatic carbocycles. The highest BCUT2D eigenvalue weighted by Gasteiger charge is 2.20. The van der Waals surface area contributed by atoms with Crippen LogP contribution < -0.4 is 10.1 Å². The number of aliphatic carboxylic acids is 1. The molecule has 0 spiro atoms. The molecule has 0 heterocycles. The topological polar surface area (TPSA) is 84.9 Å². The van der Waals surface area contributed by atoms with Crippen LogP contribution in [0.15, 0.2) is 48.5 Å². The molecule has 1 unspecified atom stereocenters. The smallest absolute Gasteiger partial charge is 0.333 e. The molecule has 6 nitrogen and oxygen atoms in total. The number of amides is 1. The highest BCUT2D eigenvalue weighted by Crippen LogP contribution is 2.22. The summed E-state index contributed by atoms with van der Waals surface area (Å²) in [7, 11) is 1.54. The summed E-state index contributed by atoms with van der Waals surface area (Å²) in [6, 6.07) is 12.6. The van der Waals surface area contributed by atoms with Crippen molar-refractivity contribution in [3.8, 4) is 5.75 Å². The molecule has 7 heteroatoms. The van der Waals surface area contributed by atoms with Gasteiger partial charge in [0.1, 0.15) is 5.75 Å². The van der Waals surface area contributed by atoms with E-state index in [1.54, 1.807) is 45.2 Å². The van der Waals surface area contributed by atoms with Crippen LogP contribution in [0.3, 0.4) is 0 Å². The zero-order valence-electron chi connectivity index (χ0n) is 17.2. The second-order valence-electron chi connectivity index (χ2n) is 6.93. The SMILES string of the molecule is COc1ccc(CC(OC(C)C)C(=O)O)cc1CNC(=O)/C=C/c1ccccc1Cl. The Morgan fingerprint density at radius 2 is 1.93 bits per heavy atom. The quantitative estimate of drug-likeness (QED) is 0.553. The summed E-state index contributed by atoms with van der Waals surface area (Å²) in [5.41, 5.74) is 2.27. The van der Waals surface area contributed by atoms with Crippen LogP contribution in [0.4, 0.5) is 0 Å². The van der Waals surface area contributed by atoms with E-state index in [0.29, 0.717) is 10.8 Å². The lowest BCUT2D eigenvalue weighted by Crippen LogP contribution is -2.29. The van der Waals surface area contributed by atoms with E-state index in [4.69, 9.17) is 21.1 Å². The van der Waals surface area contributed by atoms with Gasteiger partial charge in [-0.25, -0.2) is 4.79 Å². The third-order valence-electron chi connectivity index (χ3n) is 4.25. The Morgan fingerprint density at radius 1 is 1.20 bits per heavy atom. The van der Waals surface area contributed by atoms with Gasteiger partial charge in [0.15, 0.2) is 6.10 Å². The van der Waals surface area contributed by atoms with Crippen molar-refractivity contribution >= 4 is 29.6 Å². The van der Waals surface area contributed by atoms with Gasteiger partial charge in [-0.2, -0.15) is 0 Å². The van der Waals surface area contributed by atoms with Crippen molar-refractivity contribution in [2.24, 2.45) is 0 Å². The number of methoxy groups -OCH3 is 1. The van der Waals surface area contributed by atoms with Crippen LogP contribution in [0.5, 0.6) is 5.75 Å². The van der Waals surface area contributed by atoms with Gasteiger partial charge in [-0.1, -0.05) is 41.9 Å². The Hall–Kier alpha value is -2.83. The number of nitrogens with one attached hydrogen (secondary N) is 1. The maximum atomic E-state index is 12.2. The van der Waals surface area contributed by atoms with Crippen LogP contribution >= 0.6 is 11.6 Å². The van der Waals surface area contributed by atoms with Crippen LogP contribution in [-0.2, 0) is 27.3 Å². The fraction of sp³-hybridized carbons (Fsp3) is 0.304. The second kappa shape index (κ2) is 11.4. The number of carbonyl (C=O) groups excluding carboxylic acids is 1. The van der Waals surface area contributed by atoms with E-state index in [1.807, 2.05) is 24.3 Å². The van der Waals surface area contributed by atoms with Crippen molar-refractivity contribution in [2.45, 2.75) is 39.0 Å². The van der Waals surface area contributed by atoms with Crippen LogP contribution in [0.1, 0.15) is 30.5 Å². The molecule has 0 bridgehead atoms. The first-order chi connectivity index (χ1) is 14.3. The standard InChI is InChI=1S/C23H26ClNO5/c1-15(2)30-21(23(27)28)13-16-8-10-20(29-3)18(12-16)14-25-22(26)11-9-17-6-4-5-7-19(17)24/h4-12,15,21H,13-14H2,1-3H3,(H,25,26)(H,27,28)/b11-9+. The monoisotopic (exact) mass is 431 g/mol. The molecule has 0 fully saturated rings. The van der Waals surface area contributed by atoms with Crippen molar-refractivity contribution < 1.29 is 24.2 Å². The molecular weight excluding hydrogens is 406 g/mol. The van der Waals surface area contributed by atoms with E-state index < -0.39 is 12.1 Å². The highest BCUT2D eigenvalue weighted by atomic mass is 35.5. The second-order valence-corrected chi connectivity index (χ2v) is 7.34. The van der Waals surface area contributed by atoms with Gasteiger partial charge in [0.2, 0.25) is 5.91 Å². The van der Waals surface area contributed by atoms with Gasteiger partial charge in [0.05, 0.1) is 13.2 Å². The molecule has 0 aliphatic heterocycles.